The smallest absolute Gasteiger partial charge is 0.142 e. The van der Waals surface area contributed by atoms with Crippen molar-refractivity contribution in [3.63, 3.8) is 0 Å². The molecule has 0 atom stereocenters. The van der Waals surface area contributed by atoms with Gasteiger partial charge in [0.1, 0.15) is 5.82 Å². The number of hydrogen-bond acceptors (Lipinski definition) is 0. The zero-order valence-corrected chi connectivity index (χ0v) is 9.74. The van der Waals surface area contributed by atoms with Crippen LogP contribution in [0.3, 0.4) is 0 Å². The van der Waals surface area contributed by atoms with E-state index in [1.165, 1.54) is 6.07 Å². The molecule has 0 saturated carbocycles. The second kappa shape index (κ2) is 3.53. The quantitative estimate of drug-likeness (QED) is 0.474. The van der Waals surface area contributed by atoms with Gasteiger partial charge < -0.3 is 0 Å². The van der Waals surface area contributed by atoms with Gasteiger partial charge in [-0.05, 0) is 57.3 Å². The molecular weight excluding hydrogens is 380 g/mol. The lowest BCUT2D eigenvalue weighted by Crippen LogP contribution is -1.83. The van der Waals surface area contributed by atoms with E-state index < -0.39 is 0 Å². The molecule has 0 bridgehead atoms. The Morgan fingerprint density at radius 1 is 1.20 bits per heavy atom. The summed E-state index contributed by atoms with van der Waals surface area (Å²) in [6.45, 7) is 0. The summed E-state index contributed by atoms with van der Waals surface area (Å²) in [5.74, 6) is -0.355. The summed E-state index contributed by atoms with van der Waals surface area (Å²) in [5, 5.41) is 0.185. The maximum atomic E-state index is 12.6. The predicted molar refractivity (Wildman–Crippen MR) is 56.8 cm³/mol. The monoisotopic (exact) mass is 382 g/mol. The lowest BCUT2D eigenvalue weighted by molar-refractivity contribution is 0.627. The van der Waals surface area contributed by atoms with E-state index in [4.69, 9.17) is 11.6 Å². The first-order valence-electron chi connectivity index (χ1n) is 2.41. The third-order valence-electron chi connectivity index (χ3n) is 0.963. The van der Waals surface area contributed by atoms with Gasteiger partial charge in [0.05, 0.1) is 5.02 Å². The van der Waals surface area contributed by atoms with Crippen molar-refractivity contribution in [2.45, 2.75) is 0 Å². The lowest BCUT2D eigenvalue weighted by atomic mass is 10.3. The van der Waals surface area contributed by atoms with Gasteiger partial charge in [0.2, 0.25) is 0 Å². The maximum absolute atomic E-state index is 12.6. The Bertz CT molecular complexity index is 212. The van der Waals surface area contributed by atoms with Crippen molar-refractivity contribution >= 4 is 56.8 Å². The lowest BCUT2D eigenvalue weighted by Gasteiger charge is -1.97. The van der Waals surface area contributed by atoms with E-state index in [2.05, 4.69) is 45.2 Å². The van der Waals surface area contributed by atoms with Crippen molar-refractivity contribution in [2.75, 3.05) is 0 Å². The molecule has 0 N–H and O–H groups in total. The molecule has 0 aliphatic carbocycles. The van der Waals surface area contributed by atoms with E-state index in [9.17, 15) is 4.39 Å². The summed E-state index contributed by atoms with van der Waals surface area (Å²) in [4.78, 5) is 0. The summed E-state index contributed by atoms with van der Waals surface area (Å²) < 4.78 is 14.5. The van der Waals surface area contributed by atoms with Gasteiger partial charge in [0.25, 0.3) is 0 Å². The minimum atomic E-state index is -0.355. The van der Waals surface area contributed by atoms with Gasteiger partial charge in [-0.1, -0.05) is 11.6 Å². The third-order valence-corrected chi connectivity index (χ3v) is 4.07. The van der Waals surface area contributed by atoms with Crippen LogP contribution in [0.5, 0.6) is 0 Å². The first-order valence-corrected chi connectivity index (χ1v) is 4.95. The van der Waals surface area contributed by atoms with Crippen molar-refractivity contribution in [3.05, 3.63) is 30.1 Å². The fourth-order valence-corrected chi connectivity index (χ4v) is 1.74. The summed E-state index contributed by atoms with van der Waals surface area (Å²) in [7, 11) is 0. The van der Waals surface area contributed by atoms with Gasteiger partial charge in [-0.25, -0.2) is 4.39 Å². The molecule has 0 amide bonds. The molecule has 0 fully saturated rings. The Morgan fingerprint density at radius 2 is 1.70 bits per heavy atom. The van der Waals surface area contributed by atoms with Gasteiger partial charge in [0.15, 0.2) is 0 Å². The third kappa shape index (κ3) is 1.94. The topological polar surface area (TPSA) is 0 Å². The number of benzene rings is 1. The number of hydrogen-bond donors (Lipinski definition) is 0. The Morgan fingerprint density at radius 3 is 2.20 bits per heavy atom. The molecule has 0 unspecified atom stereocenters. The minimum Gasteiger partial charge on any atom is -0.205 e. The highest BCUT2D eigenvalue weighted by molar-refractivity contribution is 14.1. The van der Waals surface area contributed by atoms with Crippen LogP contribution in [0.15, 0.2) is 12.1 Å². The SMILES string of the molecule is Fc1cc(I)c(I)cc1Cl. The largest absolute Gasteiger partial charge is 0.205 e. The van der Waals surface area contributed by atoms with Gasteiger partial charge in [-0.3, -0.25) is 0 Å². The van der Waals surface area contributed by atoms with Crippen molar-refractivity contribution in [3.8, 4) is 0 Å². The molecule has 54 valence electrons. The summed E-state index contributed by atoms with van der Waals surface area (Å²) >= 11 is 9.67. The molecule has 1 rings (SSSR count). The van der Waals surface area contributed by atoms with E-state index in [1.54, 1.807) is 6.07 Å². The van der Waals surface area contributed by atoms with Crippen molar-refractivity contribution in [2.24, 2.45) is 0 Å². The van der Waals surface area contributed by atoms with Crippen LogP contribution in [-0.4, -0.2) is 0 Å². The van der Waals surface area contributed by atoms with Crippen molar-refractivity contribution < 1.29 is 4.39 Å². The van der Waals surface area contributed by atoms with Crippen molar-refractivity contribution in [1.82, 2.24) is 0 Å². The molecular formula is C6H2ClFI2. The first kappa shape index (κ1) is 8.99. The van der Waals surface area contributed by atoms with Gasteiger partial charge >= 0.3 is 0 Å². The van der Waals surface area contributed by atoms with E-state index >= 15 is 0 Å². The number of rotatable bonds is 0. The van der Waals surface area contributed by atoms with Crippen LogP contribution in [0.2, 0.25) is 5.02 Å². The van der Waals surface area contributed by atoms with E-state index in [0.717, 1.165) is 7.14 Å². The molecule has 4 heteroatoms. The molecule has 0 aliphatic rings. The van der Waals surface area contributed by atoms with Crippen molar-refractivity contribution in [1.29, 1.82) is 0 Å². The second-order valence-electron chi connectivity index (χ2n) is 1.68. The van der Waals surface area contributed by atoms with Crippen LogP contribution >= 0.6 is 56.8 Å². The Labute approximate surface area is 90.4 Å². The zero-order valence-electron chi connectivity index (χ0n) is 4.67. The Kier molecular flexibility index (Phi) is 3.18. The molecule has 0 heterocycles. The second-order valence-corrected chi connectivity index (χ2v) is 4.41. The average Bonchev–Trinajstić information content (AvgIpc) is 1.84. The molecule has 0 spiro atoms. The highest BCUT2D eigenvalue weighted by Crippen LogP contribution is 2.22. The molecule has 0 saturated heterocycles. The van der Waals surface area contributed by atoms with Crippen LogP contribution in [0.25, 0.3) is 0 Å². The Balaban J connectivity index is 3.28. The highest BCUT2D eigenvalue weighted by atomic mass is 127. The molecule has 0 radical (unpaired) electrons. The molecule has 0 aromatic heterocycles. The normalized spacial score (nSPS) is 10.0. The molecule has 1 aromatic carbocycles. The standard InChI is InChI=1S/C6H2ClFI2/c7-3-1-5(9)6(10)2-4(3)8/h1-2H. The predicted octanol–water partition coefficient (Wildman–Crippen LogP) is 3.69. The summed E-state index contributed by atoms with van der Waals surface area (Å²) in [6.07, 6.45) is 0. The van der Waals surface area contributed by atoms with Crippen LogP contribution in [-0.2, 0) is 0 Å². The molecule has 1 aromatic rings. The van der Waals surface area contributed by atoms with Crippen LogP contribution in [0.4, 0.5) is 4.39 Å². The maximum Gasteiger partial charge on any atom is 0.142 e. The van der Waals surface area contributed by atoms with E-state index in [-0.39, 0.29) is 10.8 Å². The zero-order chi connectivity index (χ0) is 7.72. The summed E-state index contributed by atoms with van der Waals surface area (Å²) in [5.41, 5.74) is 0. The minimum absolute atomic E-state index is 0.185. The molecule has 0 aliphatic heterocycles. The molecule has 0 nitrogen and oxygen atoms in total. The van der Waals surface area contributed by atoms with Gasteiger partial charge in [-0.2, -0.15) is 0 Å². The number of halogens is 4. The van der Waals surface area contributed by atoms with Gasteiger partial charge in [-0.15, -0.1) is 0 Å². The Hall–Kier alpha value is 0.900. The van der Waals surface area contributed by atoms with E-state index in [0.29, 0.717) is 0 Å². The van der Waals surface area contributed by atoms with Crippen LogP contribution in [0.1, 0.15) is 0 Å². The fraction of sp³-hybridized carbons (Fsp3) is 0. The molecule has 10 heavy (non-hydrogen) atoms. The van der Waals surface area contributed by atoms with Crippen LogP contribution in [0, 0.1) is 13.0 Å². The van der Waals surface area contributed by atoms with Gasteiger partial charge in [0, 0.05) is 7.14 Å². The summed E-state index contributed by atoms with van der Waals surface area (Å²) in [6, 6.07) is 3.03. The van der Waals surface area contributed by atoms with E-state index in [1.807, 2.05) is 0 Å². The van der Waals surface area contributed by atoms with Crippen LogP contribution < -0.4 is 0 Å². The highest BCUT2D eigenvalue weighted by Gasteiger charge is 2.02. The average molecular weight is 382 g/mol. The first-order chi connectivity index (χ1) is 4.61. The fourth-order valence-electron chi connectivity index (χ4n) is 0.498.